The van der Waals surface area contributed by atoms with Gasteiger partial charge in [-0.1, -0.05) is 5.16 Å². The van der Waals surface area contributed by atoms with Crippen LogP contribution in [-0.4, -0.2) is 34.1 Å². The molecule has 8 nitrogen and oxygen atoms in total. The standard InChI is InChI=1S/C25H16F6N4O4/c1-37-19(36)10-13-4-5-35-18-3-2-14(9-17(18)20(21(13)35)24(26,27)28)22-33-23(39-34-22)15-6-12(11-32)7-16(8-15)38-25(29,30)31/h2-3,6-9,13H,4-5,10H2,1H3. The summed E-state index contributed by atoms with van der Waals surface area (Å²) in [4.78, 5) is 15.9. The van der Waals surface area contributed by atoms with Crippen molar-refractivity contribution >= 4 is 16.9 Å². The maximum Gasteiger partial charge on any atom is 0.573 e. The third-order valence-electron chi connectivity index (χ3n) is 6.32. The number of alkyl halides is 6. The number of carbonyl (C=O) groups excluding carboxylic acids is 1. The number of carbonyl (C=O) groups is 1. The third kappa shape index (κ3) is 4.99. The molecule has 1 aliphatic rings. The molecule has 39 heavy (non-hydrogen) atoms. The fourth-order valence-electron chi connectivity index (χ4n) is 4.82. The molecule has 2 aromatic heterocycles. The first-order valence-electron chi connectivity index (χ1n) is 11.3. The topological polar surface area (TPSA) is 103 Å². The quantitative estimate of drug-likeness (QED) is 0.215. The number of hydrogen-bond acceptors (Lipinski definition) is 7. The molecule has 0 N–H and O–H groups in total. The molecular weight excluding hydrogens is 534 g/mol. The van der Waals surface area contributed by atoms with Crippen LogP contribution in [0.5, 0.6) is 5.75 Å². The highest BCUT2D eigenvalue weighted by Gasteiger charge is 2.43. The van der Waals surface area contributed by atoms with Crippen molar-refractivity contribution in [2.45, 2.75) is 37.8 Å². The van der Waals surface area contributed by atoms with E-state index in [2.05, 4.69) is 19.6 Å². The van der Waals surface area contributed by atoms with Crippen molar-refractivity contribution in [3.05, 3.63) is 53.2 Å². The van der Waals surface area contributed by atoms with Crippen molar-refractivity contribution in [1.29, 1.82) is 5.26 Å². The van der Waals surface area contributed by atoms with Gasteiger partial charge in [0.05, 0.1) is 30.7 Å². The number of halogens is 6. The summed E-state index contributed by atoms with van der Waals surface area (Å²) in [7, 11) is 1.17. The van der Waals surface area contributed by atoms with E-state index in [-0.39, 0.29) is 52.5 Å². The molecule has 0 amide bonds. The van der Waals surface area contributed by atoms with Crippen LogP contribution in [0.4, 0.5) is 26.3 Å². The van der Waals surface area contributed by atoms with Crippen LogP contribution in [0.3, 0.4) is 0 Å². The summed E-state index contributed by atoms with van der Waals surface area (Å²) in [5.74, 6) is -2.38. The first-order valence-corrected chi connectivity index (χ1v) is 11.3. The van der Waals surface area contributed by atoms with Crippen molar-refractivity contribution in [2.24, 2.45) is 0 Å². The Morgan fingerprint density at radius 3 is 2.59 bits per heavy atom. The number of nitriles is 1. The van der Waals surface area contributed by atoms with E-state index >= 15 is 0 Å². The van der Waals surface area contributed by atoms with Gasteiger partial charge in [0.2, 0.25) is 5.82 Å². The van der Waals surface area contributed by atoms with Crippen molar-refractivity contribution in [2.75, 3.05) is 7.11 Å². The second kappa shape index (κ2) is 9.33. The SMILES string of the molecule is COC(=O)CC1CCn2c1c(C(F)(F)F)c1cc(-c3noc(-c4cc(C#N)cc(OC(F)(F)F)c4)n3)ccc12. The molecule has 1 atom stereocenters. The molecular formula is C25H16F6N4O4. The van der Waals surface area contributed by atoms with Gasteiger partial charge in [-0.25, -0.2) is 0 Å². The average molecular weight is 550 g/mol. The average Bonchev–Trinajstić information content (AvgIpc) is 3.57. The number of aryl methyl sites for hydroxylation is 1. The van der Waals surface area contributed by atoms with E-state index in [0.717, 1.165) is 12.1 Å². The lowest BCUT2D eigenvalue weighted by Gasteiger charge is -2.13. The van der Waals surface area contributed by atoms with Crippen molar-refractivity contribution in [1.82, 2.24) is 14.7 Å². The number of nitrogens with zero attached hydrogens (tertiary/aromatic N) is 4. The first kappa shape index (κ1) is 26.1. The highest BCUT2D eigenvalue weighted by Crippen LogP contribution is 2.47. The van der Waals surface area contributed by atoms with Crippen LogP contribution in [-0.2, 0) is 22.3 Å². The van der Waals surface area contributed by atoms with Gasteiger partial charge in [0, 0.05) is 40.2 Å². The normalized spacial score (nSPS) is 15.3. The Kier molecular flexibility index (Phi) is 6.24. The van der Waals surface area contributed by atoms with Gasteiger partial charge >= 0.3 is 18.5 Å². The molecule has 0 aliphatic carbocycles. The van der Waals surface area contributed by atoms with E-state index in [4.69, 9.17) is 9.78 Å². The predicted molar refractivity (Wildman–Crippen MR) is 121 cm³/mol. The smallest absolute Gasteiger partial charge is 0.469 e. The Morgan fingerprint density at radius 2 is 1.92 bits per heavy atom. The van der Waals surface area contributed by atoms with Crippen LogP contribution >= 0.6 is 0 Å². The van der Waals surface area contributed by atoms with Crippen molar-refractivity contribution in [3.63, 3.8) is 0 Å². The minimum absolute atomic E-state index is 0.000589. The molecule has 0 fully saturated rings. The summed E-state index contributed by atoms with van der Waals surface area (Å²) in [5.41, 5.74) is -0.637. The van der Waals surface area contributed by atoms with Crippen LogP contribution in [0.25, 0.3) is 33.7 Å². The first-order chi connectivity index (χ1) is 18.4. The Morgan fingerprint density at radius 1 is 1.15 bits per heavy atom. The summed E-state index contributed by atoms with van der Waals surface area (Å²) in [6.45, 7) is 0.285. The number of esters is 1. The van der Waals surface area contributed by atoms with Gasteiger partial charge in [-0.15, -0.1) is 13.2 Å². The molecule has 0 radical (unpaired) electrons. The van der Waals surface area contributed by atoms with Crippen molar-refractivity contribution in [3.8, 4) is 34.7 Å². The summed E-state index contributed by atoms with van der Waals surface area (Å²) in [5, 5.41) is 12.8. The minimum atomic E-state index is -5.01. The minimum Gasteiger partial charge on any atom is -0.469 e. The lowest BCUT2D eigenvalue weighted by molar-refractivity contribution is -0.274. The third-order valence-corrected chi connectivity index (χ3v) is 6.32. The maximum absolute atomic E-state index is 14.3. The van der Waals surface area contributed by atoms with Gasteiger partial charge in [-0.05, 0) is 42.8 Å². The molecule has 0 spiro atoms. The zero-order valence-corrected chi connectivity index (χ0v) is 19.9. The van der Waals surface area contributed by atoms with E-state index in [1.807, 2.05) is 0 Å². The fraction of sp³-hybridized carbons (Fsp3) is 0.280. The summed E-state index contributed by atoms with van der Waals surface area (Å²) in [6, 6.07) is 8.93. The van der Waals surface area contributed by atoms with Gasteiger partial charge in [0.25, 0.3) is 5.89 Å². The van der Waals surface area contributed by atoms with E-state index in [9.17, 15) is 31.1 Å². The monoisotopic (exact) mass is 550 g/mol. The van der Waals surface area contributed by atoms with Gasteiger partial charge in [-0.2, -0.15) is 23.4 Å². The molecule has 0 saturated carbocycles. The lowest BCUT2D eigenvalue weighted by atomic mass is 9.95. The highest BCUT2D eigenvalue weighted by atomic mass is 19.4. The van der Waals surface area contributed by atoms with Crippen molar-refractivity contribution < 1.29 is 45.1 Å². The second-order valence-corrected chi connectivity index (χ2v) is 8.74. The number of aromatic nitrogens is 3. The van der Waals surface area contributed by atoms with Gasteiger partial charge in [-0.3, -0.25) is 4.79 Å². The molecule has 3 heterocycles. The second-order valence-electron chi connectivity index (χ2n) is 8.74. The van der Waals surface area contributed by atoms with Crippen LogP contribution in [0, 0.1) is 11.3 Å². The van der Waals surface area contributed by atoms with Crippen LogP contribution in [0.1, 0.15) is 35.6 Å². The number of benzene rings is 2. The zero-order valence-electron chi connectivity index (χ0n) is 19.9. The Labute approximate surface area is 215 Å². The largest absolute Gasteiger partial charge is 0.573 e. The Balaban J connectivity index is 1.57. The zero-order chi connectivity index (χ0) is 28.1. The van der Waals surface area contributed by atoms with E-state index in [0.29, 0.717) is 11.9 Å². The van der Waals surface area contributed by atoms with Crippen LogP contribution < -0.4 is 4.74 Å². The molecule has 2 aromatic carbocycles. The molecule has 5 rings (SSSR count). The number of methoxy groups -OCH3 is 1. The predicted octanol–water partition coefficient (Wildman–Crippen LogP) is 6.20. The molecule has 202 valence electrons. The Hall–Kier alpha value is -4.54. The molecule has 1 aliphatic heterocycles. The van der Waals surface area contributed by atoms with Gasteiger partial charge in [0.15, 0.2) is 0 Å². The van der Waals surface area contributed by atoms with E-state index in [1.165, 1.54) is 35.9 Å². The van der Waals surface area contributed by atoms with Crippen LogP contribution in [0.2, 0.25) is 0 Å². The van der Waals surface area contributed by atoms with E-state index < -0.39 is 35.7 Å². The lowest BCUT2D eigenvalue weighted by Crippen LogP contribution is -2.17. The molecule has 1 unspecified atom stereocenters. The number of ether oxygens (including phenoxy) is 2. The fourth-order valence-corrected chi connectivity index (χ4v) is 4.82. The summed E-state index contributed by atoms with van der Waals surface area (Å²) >= 11 is 0. The van der Waals surface area contributed by atoms with E-state index in [1.54, 1.807) is 6.07 Å². The van der Waals surface area contributed by atoms with Gasteiger partial charge < -0.3 is 18.6 Å². The molecule has 0 saturated heterocycles. The number of rotatable bonds is 5. The molecule has 14 heteroatoms. The highest BCUT2D eigenvalue weighted by molar-refractivity contribution is 5.90. The molecule has 0 bridgehead atoms. The maximum atomic E-state index is 14.3. The van der Waals surface area contributed by atoms with Gasteiger partial charge in [0.1, 0.15) is 5.75 Å². The summed E-state index contributed by atoms with van der Waals surface area (Å²) < 4.78 is 96.1. The van der Waals surface area contributed by atoms with Crippen LogP contribution in [0.15, 0.2) is 40.9 Å². The number of hydrogen-bond donors (Lipinski definition) is 0. The molecule has 4 aromatic rings. The number of fused-ring (bicyclic) bond motifs is 3. The Bertz CT molecular complexity index is 1630. The summed E-state index contributed by atoms with van der Waals surface area (Å²) in [6.07, 6.45) is -9.59.